The van der Waals surface area contributed by atoms with Gasteiger partial charge in [0.25, 0.3) is 0 Å². The van der Waals surface area contributed by atoms with Crippen LogP contribution in [0.5, 0.6) is 17.4 Å². The number of ether oxygens (including phenoxy) is 3. The second-order valence-corrected chi connectivity index (χ2v) is 11.1. The van der Waals surface area contributed by atoms with E-state index < -0.39 is 11.9 Å². The lowest BCUT2D eigenvalue weighted by Crippen LogP contribution is -2.30. The molecule has 1 atom stereocenters. The Balaban J connectivity index is 1.19. The highest BCUT2D eigenvalue weighted by Crippen LogP contribution is 2.46. The Morgan fingerprint density at radius 3 is 2.32 bits per heavy atom. The van der Waals surface area contributed by atoms with E-state index in [1.54, 1.807) is 13.3 Å². The first kappa shape index (κ1) is 26.7. The predicted octanol–water partition coefficient (Wildman–Crippen LogP) is 7.12. The highest BCUT2D eigenvalue weighted by Gasteiger charge is 2.37. The van der Waals surface area contributed by atoms with Crippen LogP contribution < -0.4 is 14.2 Å². The summed E-state index contributed by atoms with van der Waals surface area (Å²) in [6.07, 6.45) is 8.01. The number of hydrogen-bond acceptors (Lipinski definition) is 5. The maximum Gasteiger partial charge on any atom is 0.303 e. The normalized spacial score (nSPS) is 24.4. The average Bonchev–Trinajstić information content (AvgIpc) is 3.74. The lowest BCUT2D eigenvalue weighted by molar-refractivity contribution is -0.137. The third kappa shape index (κ3) is 6.75. The minimum atomic E-state index is -2.56. The van der Waals surface area contributed by atoms with Gasteiger partial charge in [-0.25, -0.2) is 13.8 Å². The van der Waals surface area contributed by atoms with Gasteiger partial charge in [0.1, 0.15) is 17.6 Å². The van der Waals surface area contributed by atoms with E-state index in [9.17, 15) is 18.7 Å². The highest BCUT2D eigenvalue weighted by molar-refractivity contribution is 5.68. The van der Waals surface area contributed by atoms with Crippen molar-refractivity contribution in [2.45, 2.75) is 101 Å². The van der Waals surface area contributed by atoms with Crippen LogP contribution in [-0.4, -0.2) is 41.3 Å². The number of carboxylic acid groups (broad SMARTS) is 1. The summed E-state index contributed by atoms with van der Waals surface area (Å²) in [5.74, 6) is -0.856. The number of hydrogen-bond donors (Lipinski definition) is 1. The first-order valence-electron chi connectivity index (χ1n) is 13.9. The van der Waals surface area contributed by atoms with Crippen molar-refractivity contribution in [2.24, 2.45) is 5.92 Å². The molecule has 1 heterocycles. The molecule has 6 nitrogen and oxygen atoms in total. The number of carbonyl (C=O) groups is 1. The van der Waals surface area contributed by atoms with Gasteiger partial charge in [-0.1, -0.05) is 6.07 Å². The fraction of sp³-hybridized carbons (Fsp3) is 0.600. The van der Waals surface area contributed by atoms with Crippen molar-refractivity contribution in [3.05, 3.63) is 47.7 Å². The van der Waals surface area contributed by atoms with Crippen molar-refractivity contribution in [1.29, 1.82) is 0 Å². The first-order valence-corrected chi connectivity index (χ1v) is 13.9. The van der Waals surface area contributed by atoms with Gasteiger partial charge in [-0.15, -0.1) is 0 Å². The average molecular weight is 530 g/mol. The molecular weight excluding hydrogens is 492 g/mol. The molecule has 38 heavy (non-hydrogen) atoms. The quantitative estimate of drug-likeness (QED) is 0.353. The molecule has 5 rings (SSSR count). The molecule has 0 aliphatic heterocycles. The van der Waals surface area contributed by atoms with Gasteiger partial charge >= 0.3 is 5.97 Å². The van der Waals surface area contributed by atoms with E-state index in [1.165, 1.54) is 0 Å². The topological polar surface area (TPSA) is 77.9 Å². The van der Waals surface area contributed by atoms with Gasteiger partial charge in [0.2, 0.25) is 11.8 Å². The second kappa shape index (κ2) is 11.5. The van der Waals surface area contributed by atoms with Crippen molar-refractivity contribution < 1.29 is 32.9 Å². The number of rotatable bonds is 10. The molecule has 3 saturated carbocycles. The summed E-state index contributed by atoms with van der Waals surface area (Å²) < 4.78 is 45.6. The van der Waals surface area contributed by atoms with Gasteiger partial charge in [-0.3, -0.25) is 4.79 Å². The van der Waals surface area contributed by atoms with Crippen LogP contribution in [0.2, 0.25) is 0 Å². The summed E-state index contributed by atoms with van der Waals surface area (Å²) in [7, 11) is 1.61. The summed E-state index contributed by atoms with van der Waals surface area (Å²) in [5, 5.41) is 9.33. The van der Waals surface area contributed by atoms with Gasteiger partial charge in [-0.05, 0) is 92.4 Å². The molecule has 1 aromatic heterocycles. The monoisotopic (exact) mass is 529 g/mol. The van der Waals surface area contributed by atoms with Crippen molar-refractivity contribution in [1.82, 2.24) is 4.98 Å². The molecule has 0 saturated heterocycles. The molecule has 3 fully saturated rings. The molecule has 206 valence electrons. The first-order chi connectivity index (χ1) is 18.3. The van der Waals surface area contributed by atoms with Gasteiger partial charge < -0.3 is 19.3 Å². The number of nitrogens with zero attached hydrogens (tertiary/aromatic N) is 1. The molecule has 8 heteroatoms. The Labute approximate surface area is 222 Å². The summed E-state index contributed by atoms with van der Waals surface area (Å²) in [6, 6.07) is 9.54. The van der Waals surface area contributed by atoms with E-state index in [1.807, 2.05) is 30.3 Å². The van der Waals surface area contributed by atoms with E-state index in [0.29, 0.717) is 30.4 Å². The maximum absolute atomic E-state index is 13.7. The SMILES string of the molecule is COc1ccc(C2CCC(F)(F)CC2)c(OC2CCC(Oc3cc(C(CC(=O)O)C4CC4)ccn3)CC2)c1. The number of methoxy groups -OCH3 is 1. The standard InChI is InChI=1S/C30H37F2NO5/c1-36-24-8-9-25(20-10-13-30(31,32)14-11-20)27(17-24)37-22-4-6-23(7-5-22)38-28-16-21(12-15-33-28)26(18-29(34)35)19-2-3-19/h8-9,12,15-17,19-20,22-23,26H,2-7,10-11,13-14,18H2,1H3,(H,34,35). The summed E-state index contributed by atoms with van der Waals surface area (Å²) in [6.45, 7) is 0. The van der Waals surface area contributed by atoms with E-state index in [-0.39, 0.29) is 43.3 Å². The van der Waals surface area contributed by atoms with Crippen LogP contribution in [0.1, 0.15) is 93.6 Å². The zero-order valence-electron chi connectivity index (χ0n) is 21.9. The summed E-state index contributed by atoms with van der Waals surface area (Å²) >= 11 is 0. The van der Waals surface area contributed by atoms with Gasteiger partial charge in [0, 0.05) is 31.2 Å². The fourth-order valence-corrected chi connectivity index (χ4v) is 6.01. The van der Waals surface area contributed by atoms with Crippen LogP contribution in [0.3, 0.4) is 0 Å². The summed E-state index contributed by atoms with van der Waals surface area (Å²) in [4.78, 5) is 15.7. The number of alkyl halides is 2. The largest absolute Gasteiger partial charge is 0.497 e. The van der Waals surface area contributed by atoms with Crippen LogP contribution in [0.25, 0.3) is 0 Å². The van der Waals surface area contributed by atoms with Crippen molar-refractivity contribution in [2.75, 3.05) is 7.11 Å². The lowest BCUT2D eigenvalue weighted by atomic mass is 9.82. The number of halogens is 2. The minimum Gasteiger partial charge on any atom is -0.497 e. The number of pyridine rings is 1. The predicted molar refractivity (Wildman–Crippen MR) is 138 cm³/mol. The third-order valence-corrected chi connectivity index (χ3v) is 8.35. The Bertz CT molecular complexity index is 1100. The van der Waals surface area contributed by atoms with E-state index in [0.717, 1.165) is 55.4 Å². The van der Waals surface area contributed by atoms with Gasteiger partial charge in [-0.2, -0.15) is 0 Å². The van der Waals surface area contributed by atoms with Crippen molar-refractivity contribution >= 4 is 5.97 Å². The lowest BCUT2D eigenvalue weighted by Gasteiger charge is -2.32. The number of aromatic nitrogens is 1. The molecule has 1 unspecified atom stereocenters. The molecule has 3 aliphatic rings. The highest BCUT2D eigenvalue weighted by atomic mass is 19.3. The smallest absolute Gasteiger partial charge is 0.303 e. The molecule has 1 aromatic carbocycles. The van der Waals surface area contributed by atoms with Crippen LogP contribution in [0.4, 0.5) is 8.78 Å². The van der Waals surface area contributed by atoms with E-state index in [2.05, 4.69) is 4.98 Å². The van der Waals surface area contributed by atoms with Crippen LogP contribution in [0, 0.1) is 5.92 Å². The molecule has 0 bridgehead atoms. The van der Waals surface area contributed by atoms with Crippen LogP contribution in [-0.2, 0) is 4.79 Å². The van der Waals surface area contributed by atoms with Gasteiger partial charge in [0.15, 0.2) is 0 Å². The molecule has 0 radical (unpaired) electrons. The Hall–Kier alpha value is -2.90. The number of aliphatic carboxylic acids is 1. The molecule has 0 spiro atoms. The fourth-order valence-electron chi connectivity index (χ4n) is 6.01. The molecule has 0 amide bonds. The van der Waals surface area contributed by atoms with Crippen molar-refractivity contribution in [3.63, 3.8) is 0 Å². The Kier molecular flexibility index (Phi) is 8.05. The second-order valence-electron chi connectivity index (χ2n) is 11.1. The van der Waals surface area contributed by atoms with E-state index in [4.69, 9.17) is 14.2 Å². The van der Waals surface area contributed by atoms with Crippen molar-refractivity contribution in [3.8, 4) is 17.4 Å². The molecule has 3 aliphatic carbocycles. The van der Waals surface area contributed by atoms with Crippen LogP contribution >= 0.6 is 0 Å². The zero-order chi connectivity index (χ0) is 26.7. The number of benzene rings is 1. The van der Waals surface area contributed by atoms with Crippen LogP contribution in [0.15, 0.2) is 36.5 Å². The number of carboxylic acids is 1. The molecule has 1 N–H and O–H groups in total. The molecule has 2 aromatic rings. The Morgan fingerprint density at radius 2 is 1.68 bits per heavy atom. The zero-order valence-corrected chi connectivity index (χ0v) is 21.9. The molecular formula is C30H37F2NO5. The minimum absolute atomic E-state index is 0.00874. The van der Waals surface area contributed by atoms with Gasteiger partial charge in [0.05, 0.1) is 19.6 Å². The Morgan fingerprint density at radius 1 is 1.00 bits per heavy atom. The maximum atomic E-state index is 13.7. The third-order valence-electron chi connectivity index (χ3n) is 8.35. The summed E-state index contributed by atoms with van der Waals surface area (Å²) in [5.41, 5.74) is 1.98. The van der Waals surface area contributed by atoms with E-state index >= 15 is 0 Å².